The molecule has 3 heterocycles. The molecule has 180 valence electrons. The Morgan fingerprint density at radius 3 is 2.12 bits per heavy atom. The number of hydrogen-bond donors (Lipinski definition) is 2. The summed E-state index contributed by atoms with van der Waals surface area (Å²) >= 11 is 3.65. The minimum atomic E-state index is -1.82. The van der Waals surface area contributed by atoms with Crippen molar-refractivity contribution in [2.75, 3.05) is 26.2 Å². The highest BCUT2D eigenvalue weighted by atomic mass is 32.1. The van der Waals surface area contributed by atoms with E-state index < -0.39 is 11.9 Å². The molecule has 1 aliphatic rings. The van der Waals surface area contributed by atoms with E-state index in [0.717, 1.165) is 38.9 Å². The fraction of sp³-hybridized carbons (Fsp3) is 0.458. The lowest BCUT2D eigenvalue weighted by molar-refractivity contribution is -0.159. The number of piperidine rings is 1. The summed E-state index contributed by atoms with van der Waals surface area (Å²) in [6, 6.07) is 4.40. The number of carboxylic acids is 2. The number of carbonyl (C=O) groups is 3. The Labute approximate surface area is 202 Å². The minimum absolute atomic E-state index is 0.0261. The maximum atomic E-state index is 12.1. The van der Waals surface area contributed by atoms with Gasteiger partial charge >= 0.3 is 17.9 Å². The summed E-state index contributed by atoms with van der Waals surface area (Å²) in [7, 11) is 0. The SMILES string of the molecule is CCOC(=O)[C@@H]1CCCN(CCC=C(c2sccc2C)c2sccc2C)C1.O=C(O)C(=O)O. The summed E-state index contributed by atoms with van der Waals surface area (Å²) in [5.74, 6) is -3.63. The topological polar surface area (TPSA) is 104 Å². The molecule has 0 bridgehead atoms. The number of nitrogens with zero attached hydrogens (tertiary/aromatic N) is 1. The fourth-order valence-electron chi connectivity index (χ4n) is 3.69. The van der Waals surface area contributed by atoms with Gasteiger partial charge < -0.3 is 19.8 Å². The van der Waals surface area contributed by atoms with E-state index in [1.807, 2.05) is 29.6 Å². The van der Waals surface area contributed by atoms with Gasteiger partial charge in [-0.2, -0.15) is 0 Å². The van der Waals surface area contributed by atoms with Gasteiger partial charge in [-0.05, 0) is 80.6 Å². The van der Waals surface area contributed by atoms with Crippen LogP contribution in [0.25, 0.3) is 5.57 Å². The Balaban J connectivity index is 0.000000569. The van der Waals surface area contributed by atoms with Crippen LogP contribution in [-0.2, 0) is 19.1 Å². The summed E-state index contributed by atoms with van der Waals surface area (Å²) in [6.45, 7) is 9.64. The van der Waals surface area contributed by atoms with Crippen LogP contribution in [-0.4, -0.2) is 59.3 Å². The van der Waals surface area contributed by atoms with E-state index in [4.69, 9.17) is 24.5 Å². The summed E-state index contributed by atoms with van der Waals surface area (Å²) < 4.78 is 5.22. The van der Waals surface area contributed by atoms with Crippen molar-refractivity contribution in [1.82, 2.24) is 4.90 Å². The Hall–Kier alpha value is -2.49. The molecule has 0 unspecified atom stereocenters. The van der Waals surface area contributed by atoms with E-state index in [1.165, 1.54) is 26.5 Å². The van der Waals surface area contributed by atoms with Gasteiger partial charge in [0.1, 0.15) is 0 Å². The van der Waals surface area contributed by atoms with Gasteiger partial charge in [0.2, 0.25) is 0 Å². The third kappa shape index (κ3) is 8.10. The van der Waals surface area contributed by atoms with Gasteiger partial charge in [0.05, 0.1) is 12.5 Å². The summed E-state index contributed by atoms with van der Waals surface area (Å²) in [6.07, 6.45) is 5.43. The number of ether oxygens (including phenoxy) is 1. The van der Waals surface area contributed by atoms with Gasteiger partial charge in [0, 0.05) is 28.4 Å². The van der Waals surface area contributed by atoms with E-state index >= 15 is 0 Å². The second kappa shape index (κ2) is 13.3. The molecule has 2 aromatic heterocycles. The zero-order valence-corrected chi connectivity index (χ0v) is 20.8. The number of carboxylic acid groups (broad SMARTS) is 2. The second-order valence-corrected chi connectivity index (χ2v) is 9.61. The molecule has 1 atom stereocenters. The molecule has 0 radical (unpaired) electrons. The van der Waals surface area contributed by atoms with E-state index in [9.17, 15) is 4.79 Å². The lowest BCUT2D eigenvalue weighted by atomic mass is 9.98. The van der Waals surface area contributed by atoms with Gasteiger partial charge in [-0.15, -0.1) is 22.7 Å². The third-order valence-electron chi connectivity index (χ3n) is 5.32. The number of hydrogen-bond acceptors (Lipinski definition) is 7. The summed E-state index contributed by atoms with van der Waals surface area (Å²) in [5.41, 5.74) is 4.06. The largest absolute Gasteiger partial charge is 0.473 e. The molecule has 1 aliphatic heterocycles. The van der Waals surface area contributed by atoms with Gasteiger partial charge in [-0.3, -0.25) is 4.79 Å². The number of rotatable bonds is 7. The van der Waals surface area contributed by atoms with Crippen LogP contribution in [0.3, 0.4) is 0 Å². The zero-order chi connectivity index (χ0) is 24.4. The normalized spacial score (nSPS) is 15.8. The van der Waals surface area contributed by atoms with Gasteiger partial charge in [0.15, 0.2) is 0 Å². The average Bonchev–Trinajstić information content (AvgIpc) is 3.40. The Morgan fingerprint density at radius 2 is 1.67 bits per heavy atom. The van der Waals surface area contributed by atoms with E-state index in [0.29, 0.717) is 6.61 Å². The van der Waals surface area contributed by atoms with Crippen molar-refractivity contribution in [2.24, 2.45) is 5.92 Å². The molecule has 0 aromatic carbocycles. The Kier molecular flexibility index (Phi) is 10.8. The van der Waals surface area contributed by atoms with Gasteiger partial charge in [0.25, 0.3) is 0 Å². The molecule has 3 rings (SSSR count). The van der Waals surface area contributed by atoms with Crippen molar-refractivity contribution in [1.29, 1.82) is 0 Å². The van der Waals surface area contributed by atoms with Crippen molar-refractivity contribution < 1.29 is 29.3 Å². The van der Waals surface area contributed by atoms with Crippen LogP contribution < -0.4 is 0 Å². The molecule has 2 N–H and O–H groups in total. The number of carbonyl (C=O) groups excluding carboxylic acids is 1. The Bertz CT molecular complexity index is 923. The maximum absolute atomic E-state index is 12.1. The number of likely N-dealkylation sites (tertiary alicyclic amines) is 1. The first-order chi connectivity index (χ1) is 15.7. The molecule has 7 nitrogen and oxygen atoms in total. The summed E-state index contributed by atoms with van der Waals surface area (Å²) in [4.78, 5) is 35.4. The number of aliphatic carboxylic acids is 2. The molecule has 33 heavy (non-hydrogen) atoms. The molecule has 9 heteroatoms. The lowest BCUT2D eigenvalue weighted by Crippen LogP contribution is -2.39. The van der Waals surface area contributed by atoms with Gasteiger partial charge in [-0.25, -0.2) is 9.59 Å². The first-order valence-corrected chi connectivity index (χ1v) is 12.6. The first kappa shape index (κ1) is 26.8. The smallest absolute Gasteiger partial charge is 0.414 e. The molecule has 1 fully saturated rings. The van der Waals surface area contributed by atoms with Crippen molar-refractivity contribution in [2.45, 2.75) is 40.0 Å². The lowest BCUT2D eigenvalue weighted by Gasteiger charge is -2.31. The third-order valence-corrected chi connectivity index (χ3v) is 7.42. The molecule has 0 aliphatic carbocycles. The second-order valence-electron chi connectivity index (χ2n) is 7.77. The number of aryl methyl sites for hydroxylation is 2. The highest BCUT2D eigenvalue weighted by Crippen LogP contribution is 2.35. The van der Waals surface area contributed by atoms with Crippen molar-refractivity contribution in [3.05, 3.63) is 49.9 Å². The summed E-state index contributed by atoms with van der Waals surface area (Å²) in [5, 5.41) is 19.1. The van der Waals surface area contributed by atoms with Crippen LogP contribution >= 0.6 is 22.7 Å². The van der Waals surface area contributed by atoms with Crippen molar-refractivity contribution in [3.63, 3.8) is 0 Å². The predicted molar refractivity (Wildman–Crippen MR) is 131 cm³/mol. The zero-order valence-electron chi connectivity index (χ0n) is 19.2. The van der Waals surface area contributed by atoms with Crippen molar-refractivity contribution >= 4 is 46.2 Å². The highest BCUT2D eigenvalue weighted by Gasteiger charge is 2.26. The fourth-order valence-corrected chi connectivity index (χ4v) is 5.70. The number of esters is 1. The van der Waals surface area contributed by atoms with Crippen LogP contribution in [0.4, 0.5) is 0 Å². The standard InChI is InChI=1S/C22H29NO2S2.C2H2O4/c1-4-25-22(24)18-7-5-11-23(15-18)12-6-8-19(20-16(2)9-13-26-20)21-17(3)10-14-27-21;3-1(4)2(5)6/h8-10,13-14,18H,4-7,11-12,15H2,1-3H3;(H,3,4)(H,5,6)/t18-;/m1./s1. The molecular formula is C24H31NO6S2. The van der Waals surface area contributed by atoms with Gasteiger partial charge in [-0.1, -0.05) is 6.08 Å². The molecule has 1 saturated heterocycles. The van der Waals surface area contributed by atoms with Crippen molar-refractivity contribution in [3.8, 4) is 0 Å². The minimum Gasteiger partial charge on any atom is -0.473 e. The van der Waals surface area contributed by atoms with E-state index in [-0.39, 0.29) is 11.9 Å². The van der Waals surface area contributed by atoms with Crippen LogP contribution in [0.2, 0.25) is 0 Å². The number of thiophene rings is 2. The highest BCUT2D eigenvalue weighted by molar-refractivity contribution is 7.14. The average molecular weight is 494 g/mol. The Morgan fingerprint density at radius 1 is 1.09 bits per heavy atom. The monoisotopic (exact) mass is 493 g/mol. The molecule has 2 aromatic rings. The van der Waals surface area contributed by atoms with E-state index in [1.54, 1.807) is 0 Å². The maximum Gasteiger partial charge on any atom is 0.414 e. The molecule has 0 spiro atoms. The van der Waals surface area contributed by atoms with Crippen LogP contribution in [0, 0.1) is 19.8 Å². The molecular weight excluding hydrogens is 462 g/mol. The van der Waals surface area contributed by atoms with Crippen LogP contribution in [0.15, 0.2) is 29.0 Å². The molecule has 0 amide bonds. The first-order valence-electron chi connectivity index (χ1n) is 10.9. The van der Waals surface area contributed by atoms with E-state index in [2.05, 4.69) is 47.7 Å². The molecule has 0 saturated carbocycles. The quantitative estimate of drug-likeness (QED) is 0.426. The van der Waals surface area contributed by atoms with Crippen LogP contribution in [0.1, 0.15) is 47.1 Å². The predicted octanol–water partition coefficient (Wildman–Crippen LogP) is 4.68. The van der Waals surface area contributed by atoms with Crippen LogP contribution in [0.5, 0.6) is 0 Å².